The Hall–Kier alpha value is -3.08. The van der Waals surface area contributed by atoms with E-state index in [1.54, 1.807) is 12.5 Å². The lowest BCUT2D eigenvalue weighted by Crippen LogP contribution is -2.31. The molecule has 0 bridgehead atoms. The van der Waals surface area contributed by atoms with Gasteiger partial charge >= 0.3 is 0 Å². The number of hydrogen-bond acceptors (Lipinski definition) is 3. The molecule has 0 fully saturated rings. The minimum absolute atomic E-state index is 0.00146. The van der Waals surface area contributed by atoms with Gasteiger partial charge in [0.1, 0.15) is 5.75 Å². The fourth-order valence-electron chi connectivity index (χ4n) is 2.38. The number of nitrogens with zero attached hydrogens (tertiary/aromatic N) is 2. The summed E-state index contributed by atoms with van der Waals surface area (Å²) in [6.45, 7) is 1.95. The van der Waals surface area contributed by atoms with Crippen molar-refractivity contribution >= 4 is 5.91 Å². The fourth-order valence-corrected chi connectivity index (χ4v) is 2.38. The zero-order valence-corrected chi connectivity index (χ0v) is 13.4. The van der Waals surface area contributed by atoms with Crippen LogP contribution < -0.4 is 10.1 Å². The Morgan fingerprint density at radius 3 is 2.58 bits per heavy atom. The van der Waals surface area contributed by atoms with Crippen LogP contribution in [0.15, 0.2) is 73.3 Å². The first-order chi connectivity index (χ1) is 11.7. The van der Waals surface area contributed by atoms with E-state index in [-0.39, 0.29) is 18.6 Å². The van der Waals surface area contributed by atoms with Crippen LogP contribution in [0.2, 0.25) is 0 Å². The number of imidazole rings is 1. The molecule has 0 unspecified atom stereocenters. The molecule has 1 amide bonds. The molecular formula is C19H19N3O2. The summed E-state index contributed by atoms with van der Waals surface area (Å²) in [5.74, 6) is 0.537. The first kappa shape index (κ1) is 15.8. The van der Waals surface area contributed by atoms with Crippen LogP contribution in [0.4, 0.5) is 0 Å². The first-order valence-electron chi connectivity index (χ1n) is 7.78. The molecule has 0 saturated heterocycles. The van der Waals surface area contributed by atoms with Gasteiger partial charge in [-0.05, 0) is 36.8 Å². The summed E-state index contributed by atoms with van der Waals surface area (Å²) in [5, 5.41) is 2.94. The second-order valence-electron chi connectivity index (χ2n) is 5.45. The number of hydrogen-bond donors (Lipinski definition) is 1. The zero-order valence-electron chi connectivity index (χ0n) is 13.4. The number of benzene rings is 2. The molecule has 0 aliphatic carbocycles. The van der Waals surface area contributed by atoms with Crippen LogP contribution in [0.5, 0.6) is 5.75 Å². The summed E-state index contributed by atoms with van der Waals surface area (Å²) in [4.78, 5) is 16.0. The van der Waals surface area contributed by atoms with E-state index < -0.39 is 0 Å². The smallest absolute Gasteiger partial charge is 0.258 e. The molecule has 122 valence electrons. The van der Waals surface area contributed by atoms with Crippen molar-refractivity contribution in [1.29, 1.82) is 0 Å². The van der Waals surface area contributed by atoms with E-state index in [2.05, 4.69) is 10.3 Å². The van der Waals surface area contributed by atoms with Gasteiger partial charge in [0, 0.05) is 18.1 Å². The van der Waals surface area contributed by atoms with Crippen molar-refractivity contribution in [3.63, 3.8) is 0 Å². The topological polar surface area (TPSA) is 56.1 Å². The van der Waals surface area contributed by atoms with Gasteiger partial charge in [-0.3, -0.25) is 4.79 Å². The number of carbonyl (C=O) groups excluding carboxylic acids is 1. The number of ether oxygens (including phenoxy) is 1. The third-order valence-electron chi connectivity index (χ3n) is 3.69. The fraction of sp³-hybridized carbons (Fsp3) is 0.158. The van der Waals surface area contributed by atoms with Crippen molar-refractivity contribution in [3.05, 3.63) is 78.9 Å². The maximum Gasteiger partial charge on any atom is 0.258 e. The van der Waals surface area contributed by atoms with E-state index in [0.29, 0.717) is 5.75 Å². The molecule has 3 aromatic rings. The Morgan fingerprint density at radius 1 is 1.17 bits per heavy atom. The van der Waals surface area contributed by atoms with Gasteiger partial charge in [0.15, 0.2) is 6.61 Å². The van der Waals surface area contributed by atoms with Gasteiger partial charge in [-0.25, -0.2) is 4.98 Å². The lowest BCUT2D eigenvalue weighted by atomic mass is 10.1. The van der Waals surface area contributed by atoms with E-state index in [1.165, 1.54) is 0 Å². The highest BCUT2D eigenvalue weighted by Gasteiger charge is 2.10. The number of amides is 1. The number of nitrogens with one attached hydrogen (secondary N) is 1. The summed E-state index contributed by atoms with van der Waals surface area (Å²) in [7, 11) is 0. The van der Waals surface area contributed by atoms with Crippen molar-refractivity contribution in [2.24, 2.45) is 0 Å². The highest BCUT2D eigenvalue weighted by atomic mass is 16.5. The largest absolute Gasteiger partial charge is 0.484 e. The third-order valence-corrected chi connectivity index (χ3v) is 3.69. The van der Waals surface area contributed by atoms with Gasteiger partial charge < -0.3 is 14.6 Å². The first-order valence-corrected chi connectivity index (χ1v) is 7.78. The summed E-state index contributed by atoms with van der Waals surface area (Å²) in [6, 6.07) is 17.2. The molecule has 0 aliphatic heterocycles. The molecule has 5 heteroatoms. The maximum atomic E-state index is 12.0. The molecule has 0 radical (unpaired) electrons. The van der Waals surface area contributed by atoms with Crippen LogP contribution in [0.25, 0.3) is 5.69 Å². The number of rotatable bonds is 6. The molecule has 0 saturated carbocycles. The summed E-state index contributed by atoms with van der Waals surface area (Å²) in [6.07, 6.45) is 5.38. The Morgan fingerprint density at radius 2 is 1.92 bits per heavy atom. The van der Waals surface area contributed by atoms with E-state index >= 15 is 0 Å². The molecule has 5 nitrogen and oxygen atoms in total. The second kappa shape index (κ2) is 7.46. The van der Waals surface area contributed by atoms with E-state index in [9.17, 15) is 4.79 Å². The molecule has 1 N–H and O–H groups in total. The Labute approximate surface area is 140 Å². The summed E-state index contributed by atoms with van der Waals surface area (Å²) in [5.41, 5.74) is 2.06. The minimum atomic E-state index is -0.148. The Balaban J connectivity index is 1.54. The van der Waals surface area contributed by atoms with Crippen molar-refractivity contribution in [3.8, 4) is 11.4 Å². The second-order valence-corrected chi connectivity index (χ2v) is 5.45. The average Bonchev–Trinajstić information content (AvgIpc) is 3.16. The predicted molar refractivity (Wildman–Crippen MR) is 92.1 cm³/mol. The van der Waals surface area contributed by atoms with Crippen LogP contribution in [-0.4, -0.2) is 22.1 Å². The maximum absolute atomic E-state index is 12.0. The van der Waals surface area contributed by atoms with Gasteiger partial charge in [0.05, 0.1) is 12.4 Å². The van der Waals surface area contributed by atoms with Gasteiger partial charge in [-0.15, -0.1) is 0 Å². The lowest BCUT2D eigenvalue weighted by Gasteiger charge is -2.15. The van der Waals surface area contributed by atoms with Gasteiger partial charge in [-0.1, -0.05) is 30.3 Å². The van der Waals surface area contributed by atoms with Gasteiger partial charge in [0.25, 0.3) is 5.91 Å². The van der Waals surface area contributed by atoms with Gasteiger partial charge in [-0.2, -0.15) is 0 Å². The zero-order chi connectivity index (χ0) is 16.8. The van der Waals surface area contributed by atoms with E-state index in [0.717, 1.165) is 11.3 Å². The molecule has 1 heterocycles. The van der Waals surface area contributed by atoms with Gasteiger partial charge in [0.2, 0.25) is 0 Å². The van der Waals surface area contributed by atoms with E-state index in [4.69, 9.17) is 4.74 Å². The monoisotopic (exact) mass is 321 g/mol. The van der Waals surface area contributed by atoms with Crippen molar-refractivity contribution in [1.82, 2.24) is 14.9 Å². The highest BCUT2D eigenvalue weighted by molar-refractivity contribution is 5.78. The average molecular weight is 321 g/mol. The predicted octanol–water partition coefficient (Wildman–Crippen LogP) is 3.13. The molecule has 2 aromatic carbocycles. The quantitative estimate of drug-likeness (QED) is 0.759. The van der Waals surface area contributed by atoms with Crippen LogP contribution >= 0.6 is 0 Å². The van der Waals surface area contributed by atoms with Crippen LogP contribution in [-0.2, 0) is 4.79 Å². The number of aromatic nitrogens is 2. The molecule has 0 aliphatic rings. The van der Waals surface area contributed by atoms with E-state index in [1.807, 2.05) is 72.3 Å². The van der Waals surface area contributed by atoms with Crippen molar-refractivity contribution in [2.45, 2.75) is 13.0 Å². The molecule has 3 rings (SSSR count). The minimum Gasteiger partial charge on any atom is -0.484 e. The molecule has 1 atom stereocenters. The standard InChI is InChI=1S/C19H19N3O2/c1-15(21-19(23)13-24-18-5-3-2-4-6-18)16-7-9-17(10-8-16)22-12-11-20-14-22/h2-12,14-15H,13H2,1H3,(H,21,23)/t15-/m0/s1. The Kier molecular flexibility index (Phi) is 4.91. The normalized spacial score (nSPS) is 11.7. The Bertz CT molecular complexity index is 768. The highest BCUT2D eigenvalue weighted by Crippen LogP contribution is 2.16. The van der Waals surface area contributed by atoms with Crippen LogP contribution in [0.3, 0.4) is 0 Å². The lowest BCUT2D eigenvalue weighted by molar-refractivity contribution is -0.123. The number of para-hydroxylation sites is 1. The molecule has 1 aromatic heterocycles. The number of carbonyl (C=O) groups is 1. The van der Waals surface area contributed by atoms with Crippen molar-refractivity contribution in [2.75, 3.05) is 6.61 Å². The van der Waals surface area contributed by atoms with Crippen LogP contribution in [0.1, 0.15) is 18.5 Å². The SMILES string of the molecule is C[C@H](NC(=O)COc1ccccc1)c1ccc(-n2ccnc2)cc1. The molecular weight excluding hydrogens is 302 g/mol. The summed E-state index contributed by atoms with van der Waals surface area (Å²) >= 11 is 0. The molecule has 24 heavy (non-hydrogen) atoms. The third kappa shape index (κ3) is 4.01. The molecule has 0 spiro atoms. The van der Waals surface area contributed by atoms with Crippen molar-refractivity contribution < 1.29 is 9.53 Å². The van der Waals surface area contributed by atoms with Crippen LogP contribution in [0, 0.1) is 0 Å². The summed E-state index contributed by atoms with van der Waals surface area (Å²) < 4.78 is 7.38.